The van der Waals surface area contributed by atoms with Crippen LogP contribution in [-0.4, -0.2) is 35.7 Å². The third kappa shape index (κ3) is 6.72. The predicted octanol–water partition coefficient (Wildman–Crippen LogP) is 7.36. The van der Waals surface area contributed by atoms with Gasteiger partial charge in [0.15, 0.2) is 0 Å². The fraction of sp³-hybridized carbons (Fsp3) is 0.696. The summed E-state index contributed by atoms with van der Waals surface area (Å²) >= 11 is 0. The molecule has 0 aliphatic carbocycles. The Labute approximate surface area is 171 Å². The van der Waals surface area contributed by atoms with Crippen LogP contribution in [0, 0.1) is 5.82 Å². The van der Waals surface area contributed by atoms with Gasteiger partial charge in [0.2, 0.25) is 0 Å². The maximum absolute atomic E-state index is 13.4. The van der Waals surface area contributed by atoms with E-state index in [1.807, 2.05) is 0 Å². The molecule has 0 atom stereocenters. The van der Waals surface area contributed by atoms with Crippen molar-refractivity contribution in [2.75, 3.05) is 24.6 Å². The monoisotopic (exact) mass is 414 g/mol. The third-order valence-corrected chi connectivity index (χ3v) is 12.3. The zero-order chi connectivity index (χ0) is 21.1. The number of phenols is 1. The third-order valence-electron chi connectivity index (χ3n) is 5.83. The molecular weight excluding hydrogens is 374 g/mol. The Morgan fingerprint density at radius 3 is 1.68 bits per heavy atom. The van der Waals surface area contributed by atoms with Gasteiger partial charge < -0.3 is 0 Å². The van der Waals surface area contributed by atoms with Gasteiger partial charge in [-0.2, -0.15) is 0 Å². The quantitative estimate of drug-likeness (QED) is 0.324. The molecule has 0 aliphatic rings. The average molecular weight is 415 g/mol. The molecule has 0 bridgehead atoms. The van der Waals surface area contributed by atoms with Crippen molar-refractivity contribution in [1.82, 2.24) is 0 Å². The van der Waals surface area contributed by atoms with Crippen LogP contribution in [0.3, 0.4) is 0 Å². The van der Waals surface area contributed by atoms with Crippen molar-refractivity contribution < 1.29 is 18.8 Å². The molecule has 0 radical (unpaired) electrons. The van der Waals surface area contributed by atoms with E-state index in [9.17, 15) is 14.3 Å². The van der Waals surface area contributed by atoms with E-state index in [1.54, 1.807) is 0 Å². The first-order valence-corrected chi connectivity index (χ1v) is 14.0. The van der Waals surface area contributed by atoms with Crippen LogP contribution < -0.4 is 0 Å². The van der Waals surface area contributed by atoms with E-state index in [0.717, 1.165) is 82.1 Å². The molecule has 0 fully saturated rings. The SMILES string of the molecule is CCCCP(CCCC)(CCCC)(CCCC)OC(=O)c1ccc(F)cc1O. The summed E-state index contributed by atoms with van der Waals surface area (Å²) < 4.78 is 19.9. The maximum atomic E-state index is 13.4. The minimum absolute atomic E-state index is 0.0800. The van der Waals surface area contributed by atoms with Gasteiger partial charge in [-0.25, -0.2) is 0 Å². The second-order valence-electron chi connectivity index (χ2n) is 8.21. The minimum atomic E-state index is -2.77. The van der Waals surface area contributed by atoms with E-state index in [-0.39, 0.29) is 11.3 Å². The summed E-state index contributed by atoms with van der Waals surface area (Å²) in [6, 6.07) is 3.54. The molecule has 0 aromatic heterocycles. The standard InChI is InChI=1S/C23H40FO3P/c1-5-9-15-28(16-10-6-2,17-11-7-3,18-12-8-4)27-23(26)21-14-13-20(24)19-22(21)25/h13-14,19,25H,5-12,15-18H2,1-4H3. The number of unbranched alkanes of at least 4 members (excludes halogenated alkanes) is 4. The van der Waals surface area contributed by atoms with E-state index >= 15 is 0 Å². The normalized spacial score (nSPS) is 13.1. The van der Waals surface area contributed by atoms with E-state index in [1.165, 1.54) is 12.1 Å². The summed E-state index contributed by atoms with van der Waals surface area (Å²) in [5.41, 5.74) is 0.0800. The van der Waals surface area contributed by atoms with Crippen LogP contribution in [0.2, 0.25) is 0 Å². The van der Waals surface area contributed by atoms with Gasteiger partial charge in [0, 0.05) is 0 Å². The van der Waals surface area contributed by atoms with Gasteiger partial charge in [-0.3, -0.25) is 0 Å². The van der Waals surface area contributed by atoms with Crippen LogP contribution in [0.15, 0.2) is 18.2 Å². The number of carbonyl (C=O) groups excluding carboxylic acids is 1. The summed E-state index contributed by atoms with van der Waals surface area (Å²) in [7, 11) is 0. The van der Waals surface area contributed by atoms with Crippen LogP contribution >= 0.6 is 6.83 Å². The summed E-state index contributed by atoms with van der Waals surface area (Å²) in [6.07, 6.45) is 12.4. The van der Waals surface area contributed by atoms with Crippen molar-refractivity contribution in [3.05, 3.63) is 29.6 Å². The molecule has 3 nitrogen and oxygen atoms in total. The van der Waals surface area contributed by atoms with Crippen LogP contribution in [0.25, 0.3) is 0 Å². The molecule has 0 unspecified atom stereocenters. The Balaban J connectivity index is 3.38. The van der Waals surface area contributed by atoms with Gasteiger partial charge in [0.1, 0.15) is 0 Å². The van der Waals surface area contributed by atoms with Crippen LogP contribution in [0.4, 0.5) is 4.39 Å². The van der Waals surface area contributed by atoms with Crippen molar-refractivity contribution >= 4 is 12.8 Å². The summed E-state index contributed by atoms with van der Waals surface area (Å²) in [5.74, 6) is -1.37. The summed E-state index contributed by atoms with van der Waals surface area (Å²) in [6.45, 7) is 5.95. The van der Waals surface area contributed by atoms with Gasteiger partial charge in [-0.05, 0) is 0 Å². The molecular formula is C23H40FO3P. The molecule has 0 heterocycles. The molecule has 0 saturated carbocycles. The van der Waals surface area contributed by atoms with Gasteiger partial charge >= 0.3 is 171 Å². The molecule has 28 heavy (non-hydrogen) atoms. The topological polar surface area (TPSA) is 46.5 Å². The predicted molar refractivity (Wildman–Crippen MR) is 120 cm³/mol. The van der Waals surface area contributed by atoms with Crippen molar-refractivity contribution in [2.24, 2.45) is 0 Å². The van der Waals surface area contributed by atoms with Crippen molar-refractivity contribution in [2.45, 2.75) is 79.1 Å². The molecule has 0 amide bonds. The van der Waals surface area contributed by atoms with Crippen LogP contribution in [-0.2, 0) is 4.52 Å². The van der Waals surface area contributed by atoms with Crippen LogP contribution in [0.1, 0.15) is 89.4 Å². The average Bonchev–Trinajstić information content (AvgIpc) is 2.68. The van der Waals surface area contributed by atoms with Crippen molar-refractivity contribution in [3.8, 4) is 5.75 Å². The van der Waals surface area contributed by atoms with E-state index in [4.69, 9.17) is 4.52 Å². The van der Waals surface area contributed by atoms with E-state index in [0.29, 0.717) is 0 Å². The zero-order valence-electron chi connectivity index (χ0n) is 18.3. The number of halogens is 1. The number of aromatic hydroxyl groups is 1. The molecule has 1 aromatic rings. The number of hydrogen-bond donors (Lipinski definition) is 1. The second-order valence-corrected chi connectivity index (χ2v) is 13.9. The Hall–Kier alpha value is -1.15. The van der Waals surface area contributed by atoms with Crippen LogP contribution in [0.5, 0.6) is 5.75 Å². The zero-order valence-corrected chi connectivity index (χ0v) is 19.2. The summed E-state index contributed by atoms with van der Waals surface area (Å²) in [4.78, 5) is 13.2. The molecule has 1 N–H and O–H groups in total. The van der Waals surface area contributed by atoms with Gasteiger partial charge in [-0.15, -0.1) is 0 Å². The Morgan fingerprint density at radius 1 is 0.893 bits per heavy atom. The van der Waals surface area contributed by atoms with Gasteiger partial charge in [0.05, 0.1) is 0 Å². The molecule has 0 spiro atoms. The number of rotatable bonds is 14. The number of phenolic OH excluding ortho intramolecular Hbond substituents is 1. The second kappa shape index (κ2) is 11.8. The van der Waals surface area contributed by atoms with E-state index < -0.39 is 18.6 Å². The van der Waals surface area contributed by atoms with Gasteiger partial charge in [0.25, 0.3) is 0 Å². The van der Waals surface area contributed by atoms with Crippen molar-refractivity contribution in [3.63, 3.8) is 0 Å². The first kappa shape index (κ1) is 24.9. The van der Waals surface area contributed by atoms with E-state index in [2.05, 4.69) is 27.7 Å². The number of hydrogen-bond acceptors (Lipinski definition) is 3. The number of benzene rings is 1. The molecule has 5 heteroatoms. The fourth-order valence-electron chi connectivity index (χ4n) is 4.05. The Kier molecular flexibility index (Phi) is 10.4. The van der Waals surface area contributed by atoms with Crippen molar-refractivity contribution in [1.29, 1.82) is 0 Å². The molecule has 1 rings (SSSR count). The first-order valence-electron chi connectivity index (χ1n) is 11.1. The number of carbonyl (C=O) groups is 1. The molecule has 162 valence electrons. The molecule has 0 saturated heterocycles. The Bertz CT molecular complexity index is 574. The Morgan fingerprint density at radius 2 is 1.32 bits per heavy atom. The fourth-order valence-corrected chi connectivity index (χ4v) is 10.8. The summed E-state index contributed by atoms with van der Waals surface area (Å²) in [5, 5.41) is 10.1. The van der Waals surface area contributed by atoms with Gasteiger partial charge in [-0.1, -0.05) is 0 Å². The molecule has 0 aliphatic heterocycles. The first-order chi connectivity index (χ1) is 13.3. The molecule has 1 aromatic carbocycles.